The number of aryl methyl sites for hydroxylation is 2. The van der Waals surface area contributed by atoms with Crippen LogP contribution in [0.1, 0.15) is 27.6 Å². The van der Waals surface area contributed by atoms with Gasteiger partial charge in [0.1, 0.15) is 0 Å². The Bertz CT molecular complexity index is 572. The molecule has 2 aromatic rings. The summed E-state index contributed by atoms with van der Waals surface area (Å²) in [6.07, 6.45) is 0.532. The predicted octanol–water partition coefficient (Wildman–Crippen LogP) is 1.24. The van der Waals surface area contributed by atoms with E-state index in [9.17, 15) is 4.79 Å². The molecule has 0 fully saturated rings. The third-order valence-electron chi connectivity index (χ3n) is 2.57. The number of benzene rings is 1. The van der Waals surface area contributed by atoms with Gasteiger partial charge in [-0.05, 0) is 30.7 Å². The fourth-order valence-electron chi connectivity index (χ4n) is 1.78. The number of nitrogen functional groups attached to an aromatic ring is 1. The quantitative estimate of drug-likeness (QED) is 0.807. The van der Waals surface area contributed by atoms with Gasteiger partial charge in [-0.25, -0.2) is 0 Å². The summed E-state index contributed by atoms with van der Waals surface area (Å²) < 4.78 is 4.85. The van der Waals surface area contributed by atoms with E-state index in [4.69, 9.17) is 10.3 Å². The van der Waals surface area contributed by atoms with Crippen LogP contribution < -0.4 is 11.1 Å². The second kappa shape index (κ2) is 5.51. The highest BCUT2D eigenvalue weighted by atomic mass is 16.5. The van der Waals surface area contributed by atoms with E-state index in [1.165, 1.54) is 0 Å². The topological polar surface area (TPSA) is 94.0 Å². The van der Waals surface area contributed by atoms with Crippen LogP contribution in [0.3, 0.4) is 0 Å². The Labute approximate surface area is 111 Å². The van der Waals surface area contributed by atoms with Crippen molar-refractivity contribution in [2.45, 2.75) is 20.3 Å². The minimum atomic E-state index is -0.157. The highest BCUT2D eigenvalue weighted by molar-refractivity contribution is 5.95. The molecule has 6 heteroatoms. The molecule has 1 aromatic heterocycles. The number of nitrogens with zero attached hydrogens (tertiary/aromatic N) is 2. The van der Waals surface area contributed by atoms with Gasteiger partial charge in [0.25, 0.3) is 5.91 Å². The first-order chi connectivity index (χ1) is 9.04. The maximum absolute atomic E-state index is 11.9. The lowest BCUT2D eigenvalue weighted by molar-refractivity contribution is 0.0954. The Morgan fingerprint density at radius 2 is 2.16 bits per heavy atom. The fourth-order valence-corrected chi connectivity index (χ4v) is 1.78. The molecule has 1 amide bonds. The first kappa shape index (κ1) is 13.1. The maximum Gasteiger partial charge on any atom is 0.251 e. The van der Waals surface area contributed by atoms with Crippen molar-refractivity contribution in [3.8, 4) is 0 Å². The van der Waals surface area contributed by atoms with Crippen molar-refractivity contribution in [2.24, 2.45) is 0 Å². The number of carbonyl (C=O) groups excluding carboxylic acids is 1. The molecule has 0 spiro atoms. The van der Waals surface area contributed by atoms with Gasteiger partial charge in [0.15, 0.2) is 5.82 Å². The Hall–Kier alpha value is -2.37. The molecule has 1 aromatic carbocycles. The molecule has 0 atom stereocenters. The maximum atomic E-state index is 11.9. The second-order valence-electron chi connectivity index (χ2n) is 4.37. The number of nitrogens with one attached hydrogen (secondary N) is 1. The number of amides is 1. The number of nitrogens with two attached hydrogens (primary N) is 1. The van der Waals surface area contributed by atoms with Crippen molar-refractivity contribution in [3.05, 3.63) is 41.0 Å². The van der Waals surface area contributed by atoms with Crippen molar-refractivity contribution < 1.29 is 9.32 Å². The molecule has 0 radical (unpaired) electrons. The van der Waals surface area contributed by atoms with Gasteiger partial charge >= 0.3 is 0 Å². The van der Waals surface area contributed by atoms with Gasteiger partial charge in [-0.2, -0.15) is 4.98 Å². The number of hydrogen-bond donors (Lipinski definition) is 2. The van der Waals surface area contributed by atoms with Gasteiger partial charge < -0.3 is 15.6 Å². The average molecular weight is 260 g/mol. The standard InChI is InChI=1S/C13H16N4O2/c1-8-5-10(7-11(14)6-8)13(18)15-4-3-12-16-9(2)19-17-12/h5-7H,3-4,14H2,1-2H3,(H,15,18). The van der Waals surface area contributed by atoms with Crippen LogP contribution in [0.5, 0.6) is 0 Å². The summed E-state index contributed by atoms with van der Waals surface area (Å²) in [6, 6.07) is 5.27. The normalized spacial score (nSPS) is 10.4. The van der Waals surface area contributed by atoms with E-state index in [2.05, 4.69) is 15.5 Å². The molecule has 1 heterocycles. The number of rotatable bonds is 4. The first-order valence-electron chi connectivity index (χ1n) is 5.99. The number of carbonyl (C=O) groups is 1. The van der Waals surface area contributed by atoms with E-state index in [1.54, 1.807) is 19.1 Å². The largest absolute Gasteiger partial charge is 0.399 e. The summed E-state index contributed by atoms with van der Waals surface area (Å²) in [5, 5.41) is 6.55. The van der Waals surface area contributed by atoms with E-state index < -0.39 is 0 Å². The monoisotopic (exact) mass is 260 g/mol. The molecule has 0 aliphatic rings. The van der Waals surface area contributed by atoms with Crippen LogP contribution >= 0.6 is 0 Å². The third kappa shape index (κ3) is 3.54. The summed E-state index contributed by atoms with van der Waals surface area (Å²) in [5.74, 6) is 0.949. The summed E-state index contributed by atoms with van der Waals surface area (Å²) >= 11 is 0. The highest BCUT2D eigenvalue weighted by Gasteiger charge is 2.07. The van der Waals surface area contributed by atoms with Crippen LogP contribution in [-0.4, -0.2) is 22.6 Å². The Balaban J connectivity index is 1.90. The van der Waals surface area contributed by atoms with Crippen LogP contribution in [0.2, 0.25) is 0 Å². The Morgan fingerprint density at radius 3 is 2.79 bits per heavy atom. The molecule has 19 heavy (non-hydrogen) atoms. The molecular weight excluding hydrogens is 244 g/mol. The van der Waals surface area contributed by atoms with Crippen LogP contribution in [0, 0.1) is 13.8 Å². The molecule has 0 saturated carbocycles. The number of hydrogen-bond acceptors (Lipinski definition) is 5. The number of anilines is 1. The van der Waals surface area contributed by atoms with Crippen LogP contribution in [0.15, 0.2) is 22.7 Å². The molecule has 0 saturated heterocycles. The van der Waals surface area contributed by atoms with E-state index in [-0.39, 0.29) is 5.91 Å². The first-order valence-corrected chi connectivity index (χ1v) is 5.99. The van der Waals surface area contributed by atoms with E-state index in [0.717, 1.165) is 5.56 Å². The molecule has 0 unspecified atom stereocenters. The van der Waals surface area contributed by atoms with Crippen molar-refractivity contribution in [1.82, 2.24) is 15.5 Å². The van der Waals surface area contributed by atoms with E-state index in [1.807, 2.05) is 13.0 Å². The molecule has 3 N–H and O–H groups in total. The number of aromatic nitrogens is 2. The summed E-state index contributed by atoms with van der Waals surface area (Å²) in [5.41, 5.74) is 7.80. The zero-order valence-corrected chi connectivity index (χ0v) is 10.9. The van der Waals surface area contributed by atoms with Gasteiger partial charge in [0.2, 0.25) is 5.89 Å². The smallest absolute Gasteiger partial charge is 0.251 e. The van der Waals surface area contributed by atoms with Gasteiger partial charge in [0.05, 0.1) is 0 Å². The van der Waals surface area contributed by atoms with Crippen molar-refractivity contribution >= 4 is 11.6 Å². The lowest BCUT2D eigenvalue weighted by atomic mass is 10.1. The highest BCUT2D eigenvalue weighted by Crippen LogP contribution is 2.11. The zero-order valence-electron chi connectivity index (χ0n) is 10.9. The zero-order chi connectivity index (χ0) is 13.8. The SMILES string of the molecule is Cc1cc(N)cc(C(=O)NCCc2noc(C)n2)c1. The molecule has 100 valence electrons. The van der Waals surface area contributed by atoms with Crippen LogP contribution in [0.25, 0.3) is 0 Å². The Kier molecular flexibility index (Phi) is 3.79. The molecule has 0 aliphatic heterocycles. The predicted molar refractivity (Wildman–Crippen MR) is 70.7 cm³/mol. The second-order valence-corrected chi connectivity index (χ2v) is 4.37. The third-order valence-corrected chi connectivity index (χ3v) is 2.57. The van der Waals surface area contributed by atoms with Crippen molar-refractivity contribution in [2.75, 3.05) is 12.3 Å². The van der Waals surface area contributed by atoms with Gasteiger partial charge in [-0.15, -0.1) is 0 Å². The summed E-state index contributed by atoms with van der Waals surface area (Å²) in [7, 11) is 0. The van der Waals surface area contributed by atoms with E-state index in [0.29, 0.717) is 35.9 Å². The molecule has 2 rings (SSSR count). The molecule has 6 nitrogen and oxygen atoms in total. The molecular formula is C13H16N4O2. The lowest BCUT2D eigenvalue weighted by Crippen LogP contribution is -2.26. The Morgan fingerprint density at radius 1 is 1.37 bits per heavy atom. The van der Waals surface area contributed by atoms with Gasteiger partial charge in [-0.1, -0.05) is 5.16 Å². The van der Waals surface area contributed by atoms with Crippen molar-refractivity contribution in [1.29, 1.82) is 0 Å². The van der Waals surface area contributed by atoms with Crippen LogP contribution in [-0.2, 0) is 6.42 Å². The van der Waals surface area contributed by atoms with Gasteiger partial charge in [-0.3, -0.25) is 4.79 Å². The van der Waals surface area contributed by atoms with Crippen molar-refractivity contribution in [3.63, 3.8) is 0 Å². The molecule has 0 bridgehead atoms. The van der Waals surface area contributed by atoms with E-state index >= 15 is 0 Å². The van der Waals surface area contributed by atoms with Gasteiger partial charge in [0, 0.05) is 31.1 Å². The lowest BCUT2D eigenvalue weighted by Gasteiger charge is -2.05. The fraction of sp³-hybridized carbons (Fsp3) is 0.308. The minimum Gasteiger partial charge on any atom is -0.399 e. The average Bonchev–Trinajstić information content (AvgIpc) is 2.73. The minimum absolute atomic E-state index is 0.157. The molecule has 0 aliphatic carbocycles. The van der Waals surface area contributed by atoms with Crippen LogP contribution in [0.4, 0.5) is 5.69 Å². The summed E-state index contributed by atoms with van der Waals surface area (Å²) in [4.78, 5) is 16.0. The summed E-state index contributed by atoms with van der Waals surface area (Å²) in [6.45, 7) is 4.07.